The molecule has 0 saturated carbocycles. The Labute approximate surface area is 131 Å². The largest absolute Gasteiger partial charge is 0.496 e. The number of nitrogens with two attached hydrogens (primary N) is 1. The second kappa shape index (κ2) is 8.11. The number of hydrogen-bond acceptors (Lipinski definition) is 5. The molecule has 0 radical (unpaired) electrons. The number of amides is 1. The zero-order chi connectivity index (χ0) is 16.8. The molecule has 4 N–H and O–H groups in total. The summed E-state index contributed by atoms with van der Waals surface area (Å²) >= 11 is 0. The fourth-order valence-electron chi connectivity index (χ4n) is 1.76. The normalized spacial score (nSPS) is 12.7. The van der Waals surface area contributed by atoms with E-state index in [9.17, 15) is 13.2 Å². The van der Waals surface area contributed by atoms with Crippen LogP contribution in [0.5, 0.6) is 5.75 Å². The highest BCUT2D eigenvalue weighted by atomic mass is 32.2. The van der Waals surface area contributed by atoms with Gasteiger partial charge in [-0.2, -0.15) is 0 Å². The van der Waals surface area contributed by atoms with Gasteiger partial charge in [-0.15, -0.1) is 0 Å². The SMILES string of the molecule is CCC(=O)NCc1cc(S(=O)(=O)N[C@@H](C)CN)ccc1OC. The molecule has 0 aliphatic carbocycles. The van der Waals surface area contributed by atoms with E-state index in [-0.39, 0.29) is 29.9 Å². The topological polar surface area (TPSA) is 111 Å². The number of benzene rings is 1. The molecule has 1 amide bonds. The van der Waals surface area contributed by atoms with Crippen molar-refractivity contribution < 1.29 is 17.9 Å². The summed E-state index contributed by atoms with van der Waals surface area (Å²) in [5.41, 5.74) is 6.03. The van der Waals surface area contributed by atoms with Gasteiger partial charge in [0.25, 0.3) is 0 Å². The number of sulfonamides is 1. The molecule has 7 nitrogen and oxygen atoms in total. The van der Waals surface area contributed by atoms with E-state index in [1.807, 2.05) is 0 Å². The van der Waals surface area contributed by atoms with Crippen LogP contribution in [-0.2, 0) is 21.4 Å². The zero-order valence-corrected chi connectivity index (χ0v) is 13.9. The number of nitrogens with one attached hydrogen (secondary N) is 2. The fourth-order valence-corrected chi connectivity index (χ4v) is 3.07. The Balaban J connectivity index is 3.05. The lowest BCUT2D eigenvalue weighted by Gasteiger charge is -2.15. The molecule has 8 heteroatoms. The number of hydrogen-bond donors (Lipinski definition) is 3. The predicted molar refractivity (Wildman–Crippen MR) is 84.0 cm³/mol. The van der Waals surface area contributed by atoms with Gasteiger partial charge < -0.3 is 15.8 Å². The Hall–Kier alpha value is -1.64. The first-order chi connectivity index (χ1) is 10.3. The summed E-state index contributed by atoms with van der Waals surface area (Å²) in [4.78, 5) is 11.5. The van der Waals surface area contributed by atoms with Crippen LogP contribution in [0.25, 0.3) is 0 Å². The summed E-state index contributed by atoms with van der Waals surface area (Å²) in [6, 6.07) is 4.14. The van der Waals surface area contributed by atoms with Crippen molar-refractivity contribution in [2.75, 3.05) is 13.7 Å². The minimum atomic E-state index is -3.66. The first kappa shape index (κ1) is 18.4. The summed E-state index contributed by atoms with van der Waals surface area (Å²) in [6.07, 6.45) is 0.357. The number of methoxy groups -OCH3 is 1. The van der Waals surface area contributed by atoms with Gasteiger partial charge in [0.2, 0.25) is 15.9 Å². The van der Waals surface area contributed by atoms with Crippen LogP contribution in [0.4, 0.5) is 0 Å². The van der Waals surface area contributed by atoms with Crippen molar-refractivity contribution in [2.45, 2.75) is 37.8 Å². The van der Waals surface area contributed by atoms with Gasteiger partial charge in [0, 0.05) is 31.1 Å². The quantitative estimate of drug-likeness (QED) is 0.637. The van der Waals surface area contributed by atoms with E-state index >= 15 is 0 Å². The van der Waals surface area contributed by atoms with Crippen molar-refractivity contribution in [3.05, 3.63) is 23.8 Å². The minimum absolute atomic E-state index is 0.106. The Kier molecular flexibility index (Phi) is 6.79. The Morgan fingerprint density at radius 2 is 2.09 bits per heavy atom. The van der Waals surface area contributed by atoms with E-state index < -0.39 is 10.0 Å². The van der Waals surface area contributed by atoms with Crippen LogP contribution in [0, 0.1) is 0 Å². The van der Waals surface area contributed by atoms with Crippen LogP contribution in [0.2, 0.25) is 0 Å². The van der Waals surface area contributed by atoms with Gasteiger partial charge in [-0.1, -0.05) is 6.92 Å². The van der Waals surface area contributed by atoms with Crippen molar-refractivity contribution in [1.82, 2.24) is 10.0 Å². The highest BCUT2D eigenvalue weighted by Crippen LogP contribution is 2.22. The molecule has 0 fully saturated rings. The third kappa shape index (κ3) is 4.97. The Morgan fingerprint density at radius 3 is 2.64 bits per heavy atom. The van der Waals surface area contributed by atoms with Crippen LogP contribution in [0.15, 0.2) is 23.1 Å². The lowest BCUT2D eigenvalue weighted by atomic mass is 10.2. The summed E-state index contributed by atoms with van der Waals surface area (Å²) in [5, 5.41) is 2.70. The monoisotopic (exact) mass is 329 g/mol. The van der Waals surface area contributed by atoms with E-state index in [2.05, 4.69) is 10.0 Å². The molecular weight excluding hydrogens is 306 g/mol. The van der Waals surface area contributed by atoms with Crippen molar-refractivity contribution in [3.8, 4) is 5.75 Å². The maximum Gasteiger partial charge on any atom is 0.240 e. The Bertz CT molecular complexity index is 617. The van der Waals surface area contributed by atoms with Crippen LogP contribution < -0.4 is 20.5 Å². The van der Waals surface area contributed by atoms with Crippen molar-refractivity contribution in [3.63, 3.8) is 0 Å². The summed E-state index contributed by atoms with van der Waals surface area (Å²) in [6.45, 7) is 3.83. The van der Waals surface area contributed by atoms with Gasteiger partial charge in [-0.25, -0.2) is 13.1 Å². The lowest BCUT2D eigenvalue weighted by Crippen LogP contribution is -2.37. The minimum Gasteiger partial charge on any atom is -0.496 e. The lowest BCUT2D eigenvalue weighted by molar-refractivity contribution is -0.120. The average molecular weight is 329 g/mol. The number of rotatable bonds is 8. The second-order valence-corrected chi connectivity index (χ2v) is 6.58. The van der Waals surface area contributed by atoms with Crippen molar-refractivity contribution in [2.24, 2.45) is 5.73 Å². The van der Waals surface area contributed by atoms with Crippen LogP contribution in [-0.4, -0.2) is 34.0 Å². The van der Waals surface area contributed by atoms with Crippen molar-refractivity contribution >= 4 is 15.9 Å². The third-order valence-corrected chi connectivity index (χ3v) is 4.66. The molecule has 1 aromatic rings. The second-order valence-electron chi connectivity index (χ2n) is 4.86. The van der Waals surface area contributed by atoms with Crippen LogP contribution in [0.3, 0.4) is 0 Å². The van der Waals surface area contributed by atoms with Gasteiger partial charge in [0.05, 0.1) is 12.0 Å². The zero-order valence-electron chi connectivity index (χ0n) is 13.0. The number of ether oxygens (including phenoxy) is 1. The fraction of sp³-hybridized carbons (Fsp3) is 0.500. The molecule has 0 unspecified atom stereocenters. The molecule has 1 aromatic carbocycles. The summed E-state index contributed by atoms with van der Waals surface area (Å²) in [7, 11) is -2.17. The summed E-state index contributed by atoms with van der Waals surface area (Å²) < 4.78 is 32.2. The van der Waals surface area contributed by atoms with Crippen molar-refractivity contribution in [1.29, 1.82) is 0 Å². The highest BCUT2D eigenvalue weighted by Gasteiger charge is 2.18. The first-order valence-electron chi connectivity index (χ1n) is 7.00. The van der Waals surface area contributed by atoms with Crippen LogP contribution >= 0.6 is 0 Å². The molecule has 0 heterocycles. The molecule has 1 atom stereocenters. The van der Waals surface area contributed by atoms with E-state index in [1.54, 1.807) is 19.9 Å². The summed E-state index contributed by atoms with van der Waals surface area (Å²) in [5.74, 6) is 0.396. The first-order valence-corrected chi connectivity index (χ1v) is 8.48. The molecule has 0 saturated heterocycles. The molecule has 0 spiro atoms. The molecule has 0 aliphatic rings. The maximum absolute atomic E-state index is 12.3. The standard InChI is InChI=1S/C14H23N3O4S/c1-4-14(18)16-9-11-7-12(5-6-13(11)21-3)22(19,20)17-10(2)8-15/h5-7,10,17H,4,8-9,15H2,1-3H3,(H,16,18)/t10-/m0/s1. The molecular formula is C14H23N3O4S. The predicted octanol–water partition coefficient (Wildman–Crippen LogP) is 0.347. The average Bonchev–Trinajstić information content (AvgIpc) is 2.51. The molecule has 124 valence electrons. The van der Waals surface area contributed by atoms with Gasteiger partial charge in [-0.3, -0.25) is 4.79 Å². The van der Waals surface area contributed by atoms with Crippen LogP contribution in [0.1, 0.15) is 25.8 Å². The van der Waals surface area contributed by atoms with Gasteiger partial charge >= 0.3 is 0 Å². The molecule has 0 aromatic heterocycles. The van der Waals surface area contributed by atoms with E-state index in [0.717, 1.165) is 0 Å². The smallest absolute Gasteiger partial charge is 0.240 e. The van der Waals surface area contributed by atoms with E-state index in [4.69, 9.17) is 10.5 Å². The van der Waals surface area contributed by atoms with E-state index in [0.29, 0.717) is 17.7 Å². The molecule has 0 aliphatic heterocycles. The van der Waals surface area contributed by atoms with Gasteiger partial charge in [0.15, 0.2) is 0 Å². The Morgan fingerprint density at radius 1 is 1.41 bits per heavy atom. The van der Waals surface area contributed by atoms with Gasteiger partial charge in [-0.05, 0) is 25.1 Å². The highest BCUT2D eigenvalue weighted by molar-refractivity contribution is 7.89. The number of carbonyl (C=O) groups excluding carboxylic acids is 1. The van der Waals surface area contributed by atoms with E-state index in [1.165, 1.54) is 19.2 Å². The molecule has 22 heavy (non-hydrogen) atoms. The molecule has 1 rings (SSSR count). The van der Waals surface area contributed by atoms with Gasteiger partial charge in [0.1, 0.15) is 5.75 Å². The number of carbonyl (C=O) groups is 1. The third-order valence-electron chi connectivity index (χ3n) is 3.07. The molecule has 0 bridgehead atoms. The maximum atomic E-state index is 12.3.